The Balaban J connectivity index is 2.79. The summed E-state index contributed by atoms with van der Waals surface area (Å²) in [6, 6.07) is 0. The van der Waals surface area contributed by atoms with E-state index in [4.69, 9.17) is 5.11 Å². The molecule has 0 saturated heterocycles. The quantitative estimate of drug-likeness (QED) is 0.843. The van der Waals surface area contributed by atoms with Crippen molar-refractivity contribution in [3.05, 3.63) is 17.5 Å². The summed E-state index contributed by atoms with van der Waals surface area (Å²) in [5, 5.41) is 17.1. The van der Waals surface area contributed by atoms with Crippen LogP contribution in [0.4, 0.5) is 0 Å². The van der Waals surface area contributed by atoms with E-state index in [0.717, 1.165) is 18.7 Å². The molecule has 0 fully saturated rings. The van der Waals surface area contributed by atoms with Gasteiger partial charge in [-0.2, -0.15) is 5.10 Å². The predicted octanol–water partition coefficient (Wildman–Crippen LogP) is 1.97. The van der Waals surface area contributed by atoms with E-state index in [-0.39, 0.29) is 17.6 Å². The maximum atomic E-state index is 9.03. The van der Waals surface area contributed by atoms with Crippen LogP contribution in [0.2, 0.25) is 0 Å². The first kappa shape index (κ1) is 15.2. The van der Waals surface area contributed by atoms with Crippen LogP contribution < -0.4 is 5.32 Å². The van der Waals surface area contributed by atoms with E-state index in [1.54, 1.807) is 0 Å². The van der Waals surface area contributed by atoms with Crippen molar-refractivity contribution in [2.24, 2.45) is 7.05 Å². The van der Waals surface area contributed by atoms with Crippen LogP contribution in [0.3, 0.4) is 0 Å². The number of nitrogens with one attached hydrogen (secondary N) is 1. The first-order valence-corrected chi connectivity index (χ1v) is 6.54. The number of aromatic nitrogens is 2. The van der Waals surface area contributed by atoms with Gasteiger partial charge in [0.05, 0.1) is 5.69 Å². The summed E-state index contributed by atoms with van der Waals surface area (Å²) in [4.78, 5) is 0. The van der Waals surface area contributed by atoms with E-state index in [9.17, 15) is 0 Å². The highest BCUT2D eigenvalue weighted by atomic mass is 16.3. The largest absolute Gasteiger partial charge is 0.396 e. The molecule has 0 radical (unpaired) electrons. The van der Waals surface area contributed by atoms with Crippen molar-refractivity contribution >= 4 is 0 Å². The number of aryl methyl sites for hydroxylation is 1. The van der Waals surface area contributed by atoms with Crippen LogP contribution >= 0.6 is 0 Å². The van der Waals surface area contributed by atoms with E-state index in [0.29, 0.717) is 0 Å². The third-order valence-corrected chi connectivity index (χ3v) is 3.11. The van der Waals surface area contributed by atoms with Crippen LogP contribution in [0.5, 0.6) is 0 Å². The Labute approximate surface area is 110 Å². The molecule has 4 nitrogen and oxygen atoms in total. The third kappa shape index (κ3) is 4.10. The molecule has 0 spiro atoms. The van der Waals surface area contributed by atoms with Gasteiger partial charge in [0.15, 0.2) is 0 Å². The Morgan fingerprint density at radius 3 is 2.39 bits per heavy atom. The number of hydrogen-bond acceptors (Lipinski definition) is 3. The van der Waals surface area contributed by atoms with Crippen LogP contribution in [-0.2, 0) is 19.0 Å². The summed E-state index contributed by atoms with van der Waals surface area (Å²) in [6.07, 6.45) is 2.82. The number of hydrogen-bond donors (Lipinski definition) is 2. The second-order valence-electron chi connectivity index (χ2n) is 6.64. The van der Waals surface area contributed by atoms with Crippen LogP contribution in [0.15, 0.2) is 6.20 Å². The molecule has 0 atom stereocenters. The number of aliphatic hydroxyl groups is 1. The summed E-state index contributed by atoms with van der Waals surface area (Å²) in [5.41, 5.74) is 2.37. The SMILES string of the molecule is Cn1cc(CNC(C)(C)CCO)c(C(C)(C)C)n1. The zero-order chi connectivity index (χ0) is 14.0. The van der Waals surface area contributed by atoms with Crippen molar-refractivity contribution < 1.29 is 5.11 Å². The maximum absolute atomic E-state index is 9.03. The minimum absolute atomic E-state index is 0.0550. The molecule has 0 aliphatic heterocycles. The Hall–Kier alpha value is -0.870. The van der Waals surface area contributed by atoms with Crippen molar-refractivity contribution in [3.63, 3.8) is 0 Å². The van der Waals surface area contributed by atoms with Crippen LogP contribution in [0.1, 0.15) is 52.3 Å². The molecule has 2 N–H and O–H groups in total. The van der Waals surface area contributed by atoms with Crippen LogP contribution in [0.25, 0.3) is 0 Å². The molecular weight excluding hydrogens is 226 g/mol. The summed E-state index contributed by atoms with van der Waals surface area (Å²) >= 11 is 0. The fraction of sp³-hybridized carbons (Fsp3) is 0.786. The Kier molecular flexibility index (Phi) is 4.56. The van der Waals surface area contributed by atoms with Gasteiger partial charge in [-0.3, -0.25) is 4.68 Å². The van der Waals surface area contributed by atoms with Gasteiger partial charge < -0.3 is 10.4 Å². The topological polar surface area (TPSA) is 50.1 Å². The molecule has 104 valence electrons. The molecule has 0 amide bonds. The normalized spacial score (nSPS) is 13.1. The average molecular weight is 253 g/mol. The molecule has 1 heterocycles. The predicted molar refractivity (Wildman–Crippen MR) is 74.5 cm³/mol. The molecule has 1 aromatic rings. The Morgan fingerprint density at radius 1 is 1.28 bits per heavy atom. The fourth-order valence-electron chi connectivity index (χ4n) is 2.00. The fourth-order valence-corrected chi connectivity index (χ4v) is 2.00. The van der Waals surface area contributed by atoms with Crippen molar-refractivity contribution in [1.29, 1.82) is 0 Å². The summed E-state index contributed by atoms with van der Waals surface area (Å²) in [5.74, 6) is 0. The van der Waals surface area contributed by atoms with Gasteiger partial charge in [0.25, 0.3) is 0 Å². The van der Waals surface area contributed by atoms with Gasteiger partial charge >= 0.3 is 0 Å². The van der Waals surface area contributed by atoms with Gasteiger partial charge in [0.2, 0.25) is 0 Å². The minimum atomic E-state index is -0.0558. The lowest BCUT2D eigenvalue weighted by Crippen LogP contribution is -2.39. The Bertz CT molecular complexity index is 388. The minimum Gasteiger partial charge on any atom is -0.396 e. The molecule has 0 aromatic carbocycles. The standard InChI is InChI=1S/C14H27N3O/c1-13(2,3)12-11(10-17(6)16-12)9-15-14(4,5)7-8-18/h10,15,18H,7-9H2,1-6H3. The summed E-state index contributed by atoms with van der Waals surface area (Å²) in [6.45, 7) is 11.7. The van der Waals surface area contributed by atoms with Gasteiger partial charge in [-0.05, 0) is 20.3 Å². The monoisotopic (exact) mass is 253 g/mol. The van der Waals surface area contributed by atoms with Crippen molar-refractivity contribution in [1.82, 2.24) is 15.1 Å². The summed E-state index contributed by atoms with van der Waals surface area (Å²) in [7, 11) is 1.96. The van der Waals surface area contributed by atoms with Crippen molar-refractivity contribution in [2.75, 3.05) is 6.61 Å². The van der Waals surface area contributed by atoms with E-state index in [1.165, 1.54) is 5.56 Å². The van der Waals surface area contributed by atoms with E-state index < -0.39 is 0 Å². The number of rotatable bonds is 5. The highest BCUT2D eigenvalue weighted by Gasteiger charge is 2.23. The third-order valence-electron chi connectivity index (χ3n) is 3.11. The lowest BCUT2D eigenvalue weighted by atomic mass is 9.89. The highest BCUT2D eigenvalue weighted by Crippen LogP contribution is 2.24. The second-order valence-corrected chi connectivity index (χ2v) is 6.64. The zero-order valence-electron chi connectivity index (χ0n) is 12.5. The molecule has 18 heavy (non-hydrogen) atoms. The molecule has 1 rings (SSSR count). The smallest absolute Gasteiger partial charge is 0.0722 e. The van der Waals surface area contributed by atoms with E-state index >= 15 is 0 Å². The van der Waals surface area contributed by atoms with E-state index in [1.807, 2.05) is 11.7 Å². The number of aliphatic hydroxyl groups excluding tert-OH is 1. The van der Waals surface area contributed by atoms with Crippen LogP contribution in [0, 0.1) is 0 Å². The molecule has 0 bridgehead atoms. The van der Waals surface area contributed by atoms with Crippen LogP contribution in [-0.4, -0.2) is 27.0 Å². The van der Waals surface area contributed by atoms with Crippen molar-refractivity contribution in [2.45, 2.75) is 58.5 Å². The molecule has 1 aromatic heterocycles. The van der Waals surface area contributed by atoms with E-state index in [2.05, 4.69) is 51.2 Å². The lowest BCUT2D eigenvalue weighted by molar-refractivity contribution is 0.230. The maximum Gasteiger partial charge on any atom is 0.0722 e. The molecule has 0 unspecified atom stereocenters. The van der Waals surface area contributed by atoms with Crippen molar-refractivity contribution in [3.8, 4) is 0 Å². The van der Waals surface area contributed by atoms with Gasteiger partial charge in [-0.15, -0.1) is 0 Å². The van der Waals surface area contributed by atoms with Gasteiger partial charge in [0.1, 0.15) is 0 Å². The first-order chi connectivity index (χ1) is 8.15. The molecule has 0 saturated carbocycles. The molecule has 4 heteroatoms. The van der Waals surface area contributed by atoms with Gasteiger partial charge in [-0.25, -0.2) is 0 Å². The highest BCUT2D eigenvalue weighted by molar-refractivity contribution is 5.24. The number of nitrogens with zero attached hydrogens (tertiary/aromatic N) is 2. The average Bonchev–Trinajstić information content (AvgIpc) is 2.56. The molecule has 0 aliphatic rings. The van der Waals surface area contributed by atoms with Gasteiger partial charge in [-0.1, -0.05) is 20.8 Å². The second kappa shape index (κ2) is 5.41. The first-order valence-electron chi connectivity index (χ1n) is 6.54. The Morgan fingerprint density at radius 2 is 1.89 bits per heavy atom. The summed E-state index contributed by atoms with van der Waals surface area (Å²) < 4.78 is 1.87. The molecule has 0 aliphatic carbocycles. The van der Waals surface area contributed by atoms with Gasteiger partial charge in [0, 0.05) is 42.9 Å². The lowest BCUT2D eigenvalue weighted by Gasteiger charge is -2.26. The molecular formula is C14H27N3O. The zero-order valence-corrected chi connectivity index (χ0v) is 12.5.